The molecule has 0 unspecified atom stereocenters. The van der Waals surface area contributed by atoms with Crippen molar-refractivity contribution in [2.75, 3.05) is 0 Å². The number of aliphatic hydroxyl groups excluding tert-OH is 2. The van der Waals surface area contributed by atoms with Crippen LogP contribution in [0.25, 0.3) is 5.57 Å². The number of aliphatic hydroxyl groups is 3. The standard InChI is InChI=1S/C23H24F6O3S/c1-2-17(4-3-9-21(32,22(24,25)26)23(27,28)29)20-11-16(14-33-20)6-5-15-7-8-18(12-30)19(10-15)13-31/h3-4,7-11,14,30-32H,2,5-6,12-13H2,1H3. The third-order valence-electron chi connectivity index (χ3n) is 5.16. The molecule has 2 rings (SSSR count). The molecule has 3 nitrogen and oxygen atoms in total. The molecule has 0 saturated heterocycles. The Morgan fingerprint density at radius 2 is 1.52 bits per heavy atom. The molecule has 0 aliphatic rings. The Morgan fingerprint density at radius 1 is 0.909 bits per heavy atom. The number of thiophene rings is 1. The molecular weight excluding hydrogens is 470 g/mol. The lowest BCUT2D eigenvalue weighted by Crippen LogP contribution is -2.55. The number of hydrogen-bond acceptors (Lipinski definition) is 4. The molecule has 0 amide bonds. The predicted octanol–water partition coefficient (Wildman–Crippen LogP) is 5.72. The number of aryl methyl sites for hydroxylation is 2. The molecule has 0 atom stereocenters. The number of rotatable bonds is 9. The first-order valence-corrected chi connectivity index (χ1v) is 10.9. The fourth-order valence-electron chi connectivity index (χ4n) is 3.13. The Balaban J connectivity index is 2.15. The summed E-state index contributed by atoms with van der Waals surface area (Å²) in [6, 6.07) is 7.22. The molecule has 2 aromatic rings. The number of benzene rings is 1. The second-order valence-electron chi connectivity index (χ2n) is 7.40. The fraction of sp³-hybridized carbons (Fsp3) is 0.391. The van der Waals surface area contributed by atoms with Gasteiger partial charge in [-0.15, -0.1) is 11.3 Å². The van der Waals surface area contributed by atoms with E-state index in [1.807, 2.05) is 23.6 Å². The number of allylic oxidation sites excluding steroid dienone is 3. The van der Waals surface area contributed by atoms with Crippen LogP contribution in [0.3, 0.4) is 0 Å². The molecule has 0 bridgehead atoms. The Labute approximate surface area is 191 Å². The summed E-state index contributed by atoms with van der Waals surface area (Å²) < 4.78 is 76.7. The second-order valence-corrected chi connectivity index (χ2v) is 8.32. The highest BCUT2D eigenvalue weighted by atomic mass is 32.1. The summed E-state index contributed by atoms with van der Waals surface area (Å²) in [6.07, 6.45) is -8.72. The number of hydrogen-bond donors (Lipinski definition) is 3. The van der Waals surface area contributed by atoms with Crippen molar-refractivity contribution in [2.45, 2.75) is 57.4 Å². The van der Waals surface area contributed by atoms with Crippen molar-refractivity contribution in [3.8, 4) is 0 Å². The first-order chi connectivity index (χ1) is 15.4. The van der Waals surface area contributed by atoms with Crippen molar-refractivity contribution in [2.24, 2.45) is 0 Å². The molecule has 3 N–H and O–H groups in total. The number of halogens is 6. The summed E-state index contributed by atoms with van der Waals surface area (Å²) in [6.45, 7) is 1.36. The van der Waals surface area contributed by atoms with Crippen molar-refractivity contribution in [1.82, 2.24) is 0 Å². The Kier molecular flexibility index (Phi) is 8.92. The van der Waals surface area contributed by atoms with Crippen molar-refractivity contribution in [1.29, 1.82) is 0 Å². The maximum absolute atomic E-state index is 12.8. The quantitative estimate of drug-likeness (QED) is 0.309. The van der Waals surface area contributed by atoms with E-state index >= 15 is 0 Å². The van der Waals surface area contributed by atoms with E-state index in [9.17, 15) is 41.7 Å². The van der Waals surface area contributed by atoms with Gasteiger partial charge in [0, 0.05) is 4.88 Å². The molecule has 0 aliphatic heterocycles. The average molecular weight is 494 g/mol. The molecule has 0 fully saturated rings. The van der Waals surface area contributed by atoms with Gasteiger partial charge in [-0.1, -0.05) is 37.3 Å². The van der Waals surface area contributed by atoms with Gasteiger partial charge in [-0.05, 0) is 64.6 Å². The Hall–Kier alpha value is -2.14. The van der Waals surface area contributed by atoms with Crippen molar-refractivity contribution in [3.05, 3.63) is 75.0 Å². The van der Waals surface area contributed by atoms with Crippen LogP contribution in [0.4, 0.5) is 26.3 Å². The van der Waals surface area contributed by atoms with Gasteiger partial charge < -0.3 is 15.3 Å². The third kappa shape index (κ3) is 6.47. The van der Waals surface area contributed by atoms with Crippen LogP contribution in [0.15, 0.2) is 47.9 Å². The van der Waals surface area contributed by atoms with E-state index in [0.29, 0.717) is 46.9 Å². The fourth-order valence-corrected chi connectivity index (χ4v) is 4.17. The maximum atomic E-state index is 12.8. The molecule has 0 spiro atoms. The van der Waals surface area contributed by atoms with Crippen LogP contribution >= 0.6 is 11.3 Å². The lowest BCUT2D eigenvalue weighted by atomic mass is 10.00. The van der Waals surface area contributed by atoms with Crippen LogP contribution in [0.1, 0.15) is 40.5 Å². The van der Waals surface area contributed by atoms with Crippen LogP contribution < -0.4 is 0 Å². The van der Waals surface area contributed by atoms with Gasteiger partial charge >= 0.3 is 12.4 Å². The Morgan fingerprint density at radius 3 is 2.06 bits per heavy atom. The maximum Gasteiger partial charge on any atom is 0.430 e. The van der Waals surface area contributed by atoms with E-state index in [-0.39, 0.29) is 19.3 Å². The summed E-state index contributed by atoms with van der Waals surface area (Å²) in [5, 5.41) is 29.7. The van der Waals surface area contributed by atoms with Crippen LogP contribution in [-0.2, 0) is 26.1 Å². The zero-order valence-corrected chi connectivity index (χ0v) is 18.5. The summed E-state index contributed by atoms with van der Waals surface area (Å²) in [4.78, 5) is 0.700. The summed E-state index contributed by atoms with van der Waals surface area (Å²) in [5.74, 6) is 0. The summed E-state index contributed by atoms with van der Waals surface area (Å²) >= 11 is 1.32. The van der Waals surface area contributed by atoms with Gasteiger partial charge in [-0.2, -0.15) is 26.3 Å². The SMILES string of the molecule is CCC(=CC=CC(O)(C(F)(F)F)C(F)(F)F)c1cc(CCc2ccc(CO)c(CO)c2)cs1. The van der Waals surface area contributed by atoms with Gasteiger partial charge in [-0.3, -0.25) is 0 Å². The second kappa shape index (κ2) is 10.9. The van der Waals surface area contributed by atoms with E-state index < -0.39 is 18.0 Å². The highest BCUT2D eigenvalue weighted by Gasteiger charge is 2.68. The van der Waals surface area contributed by atoms with E-state index in [2.05, 4.69) is 0 Å². The summed E-state index contributed by atoms with van der Waals surface area (Å²) in [5.41, 5.74) is -1.21. The smallest absolute Gasteiger partial charge is 0.392 e. The van der Waals surface area contributed by atoms with Crippen molar-refractivity contribution < 1.29 is 41.7 Å². The summed E-state index contributed by atoms with van der Waals surface area (Å²) in [7, 11) is 0. The predicted molar refractivity (Wildman–Crippen MR) is 114 cm³/mol. The monoisotopic (exact) mass is 494 g/mol. The minimum absolute atomic E-state index is 0.173. The Bertz CT molecular complexity index is 975. The van der Waals surface area contributed by atoms with Gasteiger partial charge in [0.1, 0.15) is 0 Å². The lowest BCUT2D eigenvalue weighted by Gasteiger charge is -2.29. The topological polar surface area (TPSA) is 60.7 Å². The number of alkyl halides is 6. The normalized spacial score (nSPS) is 13.8. The first kappa shape index (κ1) is 27.1. The highest BCUT2D eigenvalue weighted by molar-refractivity contribution is 7.11. The third-order valence-corrected chi connectivity index (χ3v) is 6.22. The van der Waals surface area contributed by atoms with E-state index in [1.54, 1.807) is 13.0 Å². The lowest BCUT2D eigenvalue weighted by molar-refractivity contribution is -0.347. The average Bonchev–Trinajstić information content (AvgIpc) is 3.22. The molecule has 1 heterocycles. The van der Waals surface area contributed by atoms with Gasteiger partial charge in [0.25, 0.3) is 5.60 Å². The van der Waals surface area contributed by atoms with E-state index in [0.717, 1.165) is 17.2 Å². The van der Waals surface area contributed by atoms with Crippen LogP contribution in [0, 0.1) is 0 Å². The molecular formula is C23H24F6O3S. The van der Waals surface area contributed by atoms with Gasteiger partial charge in [-0.25, -0.2) is 0 Å². The molecule has 10 heteroatoms. The van der Waals surface area contributed by atoms with Gasteiger partial charge in [0.2, 0.25) is 0 Å². The molecule has 182 valence electrons. The van der Waals surface area contributed by atoms with E-state index in [1.165, 1.54) is 11.3 Å². The molecule has 33 heavy (non-hydrogen) atoms. The minimum Gasteiger partial charge on any atom is -0.392 e. The molecule has 1 aromatic carbocycles. The van der Waals surface area contributed by atoms with Gasteiger partial charge in [0.15, 0.2) is 0 Å². The first-order valence-electron chi connectivity index (χ1n) is 10.0. The van der Waals surface area contributed by atoms with Crippen LogP contribution in [0.2, 0.25) is 0 Å². The van der Waals surface area contributed by atoms with Crippen molar-refractivity contribution in [3.63, 3.8) is 0 Å². The molecule has 0 aliphatic carbocycles. The largest absolute Gasteiger partial charge is 0.430 e. The van der Waals surface area contributed by atoms with E-state index in [4.69, 9.17) is 0 Å². The minimum atomic E-state index is -5.90. The van der Waals surface area contributed by atoms with Crippen LogP contribution in [-0.4, -0.2) is 33.3 Å². The van der Waals surface area contributed by atoms with Crippen LogP contribution in [0.5, 0.6) is 0 Å². The molecule has 0 saturated carbocycles. The van der Waals surface area contributed by atoms with Gasteiger partial charge in [0.05, 0.1) is 13.2 Å². The van der Waals surface area contributed by atoms with Crippen molar-refractivity contribution >= 4 is 16.9 Å². The molecule has 1 aromatic heterocycles. The zero-order valence-electron chi connectivity index (χ0n) is 17.7. The zero-order chi connectivity index (χ0) is 24.9. The molecule has 0 radical (unpaired) electrons. The highest BCUT2D eigenvalue weighted by Crippen LogP contribution is 2.44.